The lowest BCUT2D eigenvalue weighted by molar-refractivity contribution is -0.134. The van der Waals surface area contributed by atoms with E-state index >= 15 is 0 Å². The molecule has 0 spiro atoms. The number of phenols is 1. The highest BCUT2D eigenvalue weighted by Gasteiger charge is 2.18. The number of aromatic amines is 1. The van der Waals surface area contributed by atoms with Crippen LogP contribution in [0, 0.1) is 0 Å². The number of pyridine rings is 1. The Morgan fingerprint density at radius 3 is 2.30 bits per heavy atom. The Balaban J connectivity index is 0.000000414. The lowest BCUT2D eigenvalue weighted by atomic mass is 9.97. The molecule has 194 valence electrons. The Labute approximate surface area is 213 Å². The van der Waals surface area contributed by atoms with Gasteiger partial charge in [-0.25, -0.2) is 9.59 Å². The first-order valence-electron chi connectivity index (χ1n) is 11.9. The van der Waals surface area contributed by atoms with E-state index in [0.29, 0.717) is 35.2 Å². The second-order valence-electron chi connectivity index (χ2n) is 8.56. The van der Waals surface area contributed by atoms with Crippen molar-refractivity contribution in [3.05, 3.63) is 92.4 Å². The zero-order valence-corrected chi connectivity index (χ0v) is 20.6. The van der Waals surface area contributed by atoms with Gasteiger partial charge in [0.2, 0.25) is 5.56 Å². The van der Waals surface area contributed by atoms with Gasteiger partial charge in [0.1, 0.15) is 5.75 Å². The zero-order chi connectivity index (χ0) is 27.1. The molecule has 3 aromatic rings. The number of aliphatic hydroxyl groups is 1. The topological polar surface area (TPSA) is 160 Å². The van der Waals surface area contributed by atoms with E-state index in [2.05, 4.69) is 42.4 Å². The number of hydrogen-bond acceptors (Lipinski definition) is 6. The number of carboxylic acids is 2. The summed E-state index contributed by atoms with van der Waals surface area (Å²) in [5, 5.41) is 40.4. The third kappa shape index (κ3) is 6.86. The number of benzene rings is 2. The number of allylic oxidation sites excluding steroid dienone is 1. The maximum atomic E-state index is 11.6. The molecule has 37 heavy (non-hydrogen) atoms. The summed E-state index contributed by atoms with van der Waals surface area (Å²) in [7, 11) is 0. The fraction of sp³-hybridized carbons (Fsp3) is 0.250. The molecule has 0 saturated carbocycles. The summed E-state index contributed by atoms with van der Waals surface area (Å²) in [4.78, 5) is 33.3. The number of aryl methyl sites for hydroxylation is 2. The summed E-state index contributed by atoms with van der Waals surface area (Å²) < 4.78 is 0. The number of carboxylic acid groups (broad SMARTS) is 2. The van der Waals surface area contributed by atoms with Crippen LogP contribution in [-0.2, 0) is 28.9 Å². The minimum absolute atomic E-state index is 0.00554. The van der Waals surface area contributed by atoms with E-state index in [4.69, 9.17) is 10.2 Å². The van der Waals surface area contributed by atoms with Crippen molar-refractivity contribution in [2.24, 2.45) is 0 Å². The van der Waals surface area contributed by atoms with Crippen molar-refractivity contribution in [1.82, 2.24) is 10.3 Å². The van der Waals surface area contributed by atoms with Gasteiger partial charge in [0.05, 0.1) is 11.6 Å². The number of aromatic nitrogens is 1. The Bertz CT molecular complexity index is 1420. The average Bonchev–Trinajstić information content (AvgIpc) is 3.27. The molecule has 1 aromatic heterocycles. The lowest BCUT2D eigenvalue weighted by Crippen LogP contribution is -2.21. The number of phenolic OH excluding ortho intramolecular Hbond substituents is 1. The molecule has 0 unspecified atom stereocenters. The molecule has 9 nitrogen and oxygen atoms in total. The minimum Gasteiger partial charge on any atom is -0.506 e. The lowest BCUT2D eigenvalue weighted by Gasteiger charge is -2.16. The highest BCUT2D eigenvalue weighted by molar-refractivity contribution is 5.89. The van der Waals surface area contributed by atoms with Gasteiger partial charge in [0.25, 0.3) is 0 Å². The predicted molar refractivity (Wildman–Crippen MR) is 140 cm³/mol. The van der Waals surface area contributed by atoms with Crippen LogP contribution >= 0.6 is 0 Å². The molecule has 0 fully saturated rings. The van der Waals surface area contributed by atoms with E-state index in [1.165, 1.54) is 34.4 Å². The quantitative estimate of drug-likeness (QED) is 0.254. The van der Waals surface area contributed by atoms with Gasteiger partial charge in [-0.3, -0.25) is 4.79 Å². The highest BCUT2D eigenvalue weighted by Crippen LogP contribution is 2.30. The number of carbonyl (C=O) groups is 2. The Kier molecular flexibility index (Phi) is 8.86. The monoisotopic (exact) mass is 506 g/mol. The van der Waals surface area contributed by atoms with E-state index in [9.17, 15) is 24.6 Å². The second-order valence-corrected chi connectivity index (χ2v) is 8.56. The molecule has 0 radical (unpaired) electrons. The maximum absolute atomic E-state index is 11.6. The van der Waals surface area contributed by atoms with Crippen molar-refractivity contribution in [3.63, 3.8) is 0 Å². The molecule has 0 saturated heterocycles. The summed E-state index contributed by atoms with van der Waals surface area (Å²) in [6.07, 6.45) is 5.40. The number of fused-ring (bicyclic) bond motifs is 2. The van der Waals surface area contributed by atoms with E-state index < -0.39 is 18.0 Å². The van der Waals surface area contributed by atoms with E-state index in [1.54, 1.807) is 12.1 Å². The molecule has 4 rings (SSSR count). The molecule has 1 aliphatic carbocycles. The van der Waals surface area contributed by atoms with Crippen LogP contribution < -0.4 is 10.9 Å². The molecule has 1 aliphatic rings. The summed E-state index contributed by atoms with van der Waals surface area (Å²) in [6, 6.07) is 10.8. The number of nitrogens with one attached hydrogen (secondary N) is 2. The predicted octanol–water partition coefficient (Wildman–Crippen LogP) is 3.29. The van der Waals surface area contributed by atoms with Crippen LogP contribution in [-0.4, -0.2) is 43.9 Å². The molecule has 0 amide bonds. The maximum Gasteiger partial charge on any atom is 0.328 e. The molecule has 9 heteroatoms. The van der Waals surface area contributed by atoms with Gasteiger partial charge < -0.3 is 30.7 Å². The Morgan fingerprint density at radius 2 is 1.68 bits per heavy atom. The van der Waals surface area contributed by atoms with Crippen LogP contribution in [0.1, 0.15) is 47.8 Å². The number of hydrogen-bond donors (Lipinski definition) is 6. The molecule has 2 aromatic carbocycles. The molecular formula is C28H30N2O7. The van der Waals surface area contributed by atoms with E-state index in [-0.39, 0.29) is 11.3 Å². The first-order valence-corrected chi connectivity index (χ1v) is 11.9. The van der Waals surface area contributed by atoms with Gasteiger partial charge in [-0.2, -0.15) is 0 Å². The molecule has 0 aliphatic heterocycles. The number of rotatable bonds is 8. The van der Waals surface area contributed by atoms with E-state index in [0.717, 1.165) is 25.0 Å². The molecule has 1 heterocycles. The number of aliphatic carboxylic acids is 2. The van der Waals surface area contributed by atoms with Gasteiger partial charge in [0, 0.05) is 42.3 Å². The van der Waals surface area contributed by atoms with Gasteiger partial charge in [-0.1, -0.05) is 32.0 Å². The van der Waals surface area contributed by atoms with Crippen LogP contribution in [0.5, 0.6) is 5.75 Å². The van der Waals surface area contributed by atoms with Crippen molar-refractivity contribution in [1.29, 1.82) is 0 Å². The SMILES string of the molecule is CCc1cc2c(cc1CC)CC(NC[C@H](O)c1ccc(O)c3[nH]c(=O)ccc13)=C2.O=C(O)/C=C\C(=O)O. The van der Waals surface area contributed by atoms with E-state index in [1.807, 2.05) is 0 Å². The van der Waals surface area contributed by atoms with Crippen molar-refractivity contribution >= 4 is 28.9 Å². The average molecular weight is 507 g/mol. The first-order chi connectivity index (χ1) is 17.6. The van der Waals surface area contributed by atoms with Crippen LogP contribution in [0.15, 0.2) is 59.0 Å². The van der Waals surface area contributed by atoms with Crippen molar-refractivity contribution in [2.75, 3.05) is 6.54 Å². The van der Waals surface area contributed by atoms with Crippen molar-refractivity contribution in [3.8, 4) is 5.75 Å². The van der Waals surface area contributed by atoms with Crippen LogP contribution in [0.2, 0.25) is 0 Å². The fourth-order valence-electron chi connectivity index (χ4n) is 4.29. The summed E-state index contributed by atoms with van der Waals surface area (Å²) in [6.45, 7) is 4.72. The summed E-state index contributed by atoms with van der Waals surface area (Å²) in [5.41, 5.74) is 7.20. The standard InChI is InChI=1S/C24H26N2O3.C4H4O4/c1-3-14-9-16-11-18(12-17(16)10-15(14)4-2)25-13-22(28)19-5-7-21(27)24-20(19)6-8-23(29)26-24;5-3(6)1-2-4(7)8/h5-11,22,25,27-28H,3-4,12-13H2,1-2H3,(H,26,29);1-2H,(H,5,6)(H,7,8)/b;2-1-/t22-;/m0./s1. The second kappa shape index (κ2) is 12.0. The largest absolute Gasteiger partial charge is 0.506 e. The summed E-state index contributed by atoms with van der Waals surface area (Å²) >= 11 is 0. The third-order valence-corrected chi connectivity index (χ3v) is 6.09. The smallest absolute Gasteiger partial charge is 0.328 e. The third-order valence-electron chi connectivity index (χ3n) is 6.09. The highest BCUT2D eigenvalue weighted by atomic mass is 16.4. The van der Waals surface area contributed by atoms with Crippen LogP contribution in [0.4, 0.5) is 0 Å². The van der Waals surface area contributed by atoms with Crippen molar-refractivity contribution in [2.45, 2.75) is 39.2 Å². The van der Waals surface area contributed by atoms with Crippen molar-refractivity contribution < 1.29 is 30.0 Å². The number of aliphatic hydroxyl groups excluding tert-OH is 1. The fourth-order valence-corrected chi connectivity index (χ4v) is 4.29. The Morgan fingerprint density at radius 1 is 1.03 bits per heavy atom. The molecule has 1 atom stereocenters. The van der Waals surface area contributed by atoms with Gasteiger partial charge in [-0.15, -0.1) is 0 Å². The molecule has 0 bridgehead atoms. The van der Waals surface area contributed by atoms with Crippen LogP contribution in [0.3, 0.4) is 0 Å². The molecule has 6 N–H and O–H groups in total. The minimum atomic E-state index is -1.26. The summed E-state index contributed by atoms with van der Waals surface area (Å²) in [5.74, 6) is -2.52. The zero-order valence-electron chi connectivity index (χ0n) is 20.6. The first kappa shape index (κ1) is 27.2. The van der Waals surface area contributed by atoms with Gasteiger partial charge in [-0.05, 0) is 58.9 Å². The van der Waals surface area contributed by atoms with Gasteiger partial charge >= 0.3 is 11.9 Å². The number of aromatic hydroxyl groups is 1. The van der Waals surface area contributed by atoms with Crippen LogP contribution in [0.25, 0.3) is 17.0 Å². The number of H-pyrrole nitrogens is 1. The Hall–Kier alpha value is -4.37. The van der Waals surface area contributed by atoms with Gasteiger partial charge in [0.15, 0.2) is 0 Å². The normalized spacial score (nSPS) is 13.0. The molecular weight excluding hydrogens is 476 g/mol.